The summed E-state index contributed by atoms with van der Waals surface area (Å²) < 4.78 is 52.9. The van der Waals surface area contributed by atoms with Crippen LogP contribution in [0, 0.1) is 18.6 Å². The second-order valence-electron chi connectivity index (χ2n) is 4.68. The minimum Gasteiger partial charge on any atom is -0.329 e. The molecule has 106 valence electrons. The quantitative estimate of drug-likeness (QED) is 0.915. The molecule has 2 N–H and O–H groups in total. The number of hydrogen-bond donors (Lipinski definition) is 1. The maximum absolute atomic E-state index is 13.7. The van der Waals surface area contributed by atoms with Crippen molar-refractivity contribution >= 4 is 10.0 Å². The van der Waals surface area contributed by atoms with Crippen LogP contribution in [-0.2, 0) is 10.0 Å². The van der Waals surface area contributed by atoms with E-state index in [2.05, 4.69) is 0 Å². The van der Waals surface area contributed by atoms with Gasteiger partial charge in [0.2, 0.25) is 10.0 Å². The van der Waals surface area contributed by atoms with E-state index in [-0.39, 0.29) is 18.2 Å². The largest absolute Gasteiger partial charge is 0.329 e. The van der Waals surface area contributed by atoms with E-state index in [1.807, 2.05) is 0 Å². The summed E-state index contributed by atoms with van der Waals surface area (Å²) in [5.41, 5.74) is 5.63. The Bertz CT molecular complexity index is 590. The first-order chi connectivity index (χ1) is 8.87. The first kappa shape index (κ1) is 14.4. The number of sulfonamides is 1. The van der Waals surface area contributed by atoms with Crippen LogP contribution in [-0.4, -0.2) is 31.9 Å². The molecule has 0 aromatic heterocycles. The van der Waals surface area contributed by atoms with Crippen LogP contribution in [0.25, 0.3) is 0 Å². The number of nitrogens with two attached hydrogens (primary N) is 1. The Morgan fingerprint density at radius 2 is 2.05 bits per heavy atom. The average molecular weight is 290 g/mol. The summed E-state index contributed by atoms with van der Waals surface area (Å²) in [5.74, 6) is -1.82. The second-order valence-corrected chi connectivity index (χ2v) is 6.54. The van der Waals surface area contributed by atoms with Gasteiger partial charge in [0.1, 0.15) is 16.5 Å². The van der Waals surface area contributed by atoms with Crippen molar-refractivity contribution in [3.05, 3.63) is 29.3 Å². The topological polar surface area (TPSA) is 63.4 Å². The second kappa shape index (κ2) is 5.15. The van der Waals surface area contributed by atoms with E-state index in [0.29, 0.717) is 25.5 Å². The van der Waals surface area contributed by atoms with E-state index in [1.54, 1.807) is 0 Å². The fourth-order valence-corrected chi connectivity index (χ4v) is 4.15. The summed E-state index contributed by atoms with van der Waals surface area (Å²) in [7, 11) is -3.96. The lowest BCUT2D eigenvalue weighted by atomic mass is 10.2. The lowest BCUT2D eigenvalue weighted by Gasteiger charge is -2.23. The average Bonchev–Trinajstić information content (AvgIpc) is 2.82. The van der Waals surface area contributed by atoms with Crippen molar-refractivity contribution in [1.82, 2.24) is 4.31 Å². The first-order valence-corrected chi connectivity index (χ1v) is 7.49. The molecule has 1 aromatic carbocycles. The van der Waals surface area contributed by atoms with Crippen molar-refractivity contribution in [3.8, 4) is 0 Å². The normalized spacial score (nSPS) is 20.9. The summed E-state index contributed by atoms with van der Waals surface area (Å²) in [5, 5.41) is 0. The molecule has 0 radical (unpaired) electrons. The van der Waals surface area contributed by atoms with Crippen LogP contribution in [0.1, 0.15) is 18.4 Å². The number of aryl methyl sites for hydroxylation is 1. The predicted molar refractivity (Wildman–Crippen MR) is 67.1 cm³/mol. The van der Waals surface area contributed by atoms with Crippen molar-refractivity contribution in [2.45, 2.75) is 30.7 Å². The Hall–Kier alpha value is -1.05. The molecule has 0 spiro atoms. The monoisotopic (exact) mass is 290 g/mol. The number of nitrogens with zero attached hydrogens (tertiary/aromatic N) is 1. The van der Waals surface area contributed by atoms with Crippen LogP contribution < -0.4 is 5.73 Å². The van der Waals surface area contributed by atoms with Crippen molar-refractivity contribution < 1.29 is 17.2 Å². The predicted octanol–water partition coefficient (Wildman–Crippen LogP) is 1.39. The van der Waals surface area contributed by atoms with E-state index in [9.17, 15) is 17.2 Å². The molecule has 1 aliphatic rings. The van der Waals surface area contributed by atoms with Gasteiger partial charge in [-0.1, -0.05) is 0 Å². The van der Waals surface area contributed by atoms with Crippen molar-refractivity contribution in [2.24, 2.45) is 5.73 Å². The summed E-state index contributed by atoms with van der Waals surface area (Å²) in [4.78, 5) is -0.480. The van der Waals surface area contributed by atoms with Crippen molar-refractivity contribution in [1.29, 1.82) is 0 Å². The van der Waals surface area contributed by atoms with Crippen LogP contribution in [0.2, 0.25) is 0 Å². The van der Waals surface area contributed by atoms with Crippen LogP contribution >= 0.6 is 0 Å². The molecular weight excluding hydrogens is 274 g/mol. The zero-order valence-corrected chi connectivity index (χ0v) is 11.4. The van der Waals surface area contributed by atoms with Gasteiger partial charge in [-0.05, 0) is 31.4 Å². The Morgan fingerprint density at radius 1 is 1.37 bits per heavy atom. The maximum atomic E-state index is 13.7. The third kappa shape index (κ3) is 2.50. The highest BCUT2D eigenvalue weighted by Gasteiger charge is 2.36. The lowest BCUT2D eigenvalue weighted by molar-refractivity contribution is 0.390. The Kier molecular flexibility index (Phi) is 3.89. The molecule has 19 heavy (non-hydrogen) atoms. The molecule has 7 heteroatoms. The molecule has 0 saturated carbocycles. The van der Waals surface area contributed by atoms with Crippen LogP contribution in [0.4, 0.5) is 8.78 Å². The minimum atomic E-state index is -3.96. The van der Waals surface area contributed by atoms with Gasteiger partial charge in [0, 0.05) is 25.2 Å². The molecule has 0 bridgehead atoms. The van der Waals surface area contributed by atoms with Gasteiger partial charge in [0.05, 0.1) is 0 Å². The molecule has 2 rings (SSSR count). The molecule has 0 aliphatic carbocycles. The highest BCUT2D eigenvalue weighted by Crippen LogP contribution is 2.28. The summed E-state index contributed by atoms with van der Waals surface area (Å²) in [6.45, 7) is 1.92. The lowest BCUT2D eigenvalue weighted by Crippen LogP contribution is -2.40. The molecule has 1 aliphatic heterocycles. The molecule has 1 heterocycles. The zero-order chi connectivity index (χ0) is 14.2. The van der Waals surface area contributed by atoms with Crippen molar-refractivity contribution in [2.75, 3.05) is 13.1 Å². The molecule has 4 nitrogen and oxygen atoms in total. The number of hydrogen-bond acceptors (Lipinski definition) is 3. The standard InChI is InChI=1S/C12H16F2N2O2S/c1-8-5-12(11(14)6-10(8)13)19(17,18)16-4-2-3-9(16)7-15/h5-6,9H,2-4,7,15H2,1H3/t9-/m0/s1. The number of halogens is 2. The Morgan fingerprint density at radius 3 is 2.68 bits per heavy atom. The molecule has 1 saturated heterocycles. The molecule has 1 aromatic rings. The number of rotatable bonds is 3. The van der Waals surface area contributed by atoms with Gasteiger partial charge < -0.3 is 5.73 Å². The Labute approximate surface area is 111 Å². The van der Waals surface area contributed by atoms with Crippen LogP contribution in [0.5, 0.6) is 0 Å². The van der Waals surface area contributed by atoms with Gasteiger partial charge in [-0.25, -0.2) is 17.2 Å². The van der Waals surface area contributed by atoms with Gasteiger partial charge in [0.25, 0.3) is 0 Å². The van der Waals surface area contributed by atoms with Crippen LogP contribution in [0.3, 0.4) is 0 Å². The summed E-state index contributed by atoms with van der Waals surface area (Å²) in [6.07, 6.45) is 1.36. The van der Waals surface area contributed by atoms with E-state index in [4.69, 9.17) is 5.73 Å². The molecule has 0 unspecified atom stereocenters. The van der Waals surface area contributed by atoms with E-state index < -0.39 is 26.6 Å². The fraction of sp³-hybridized carbons (Fsp3) is 0.500. The smallest absolute Gasteiger partial charge is 0.246 e. The highest BCUT2D eigenvalue weighted by atomic mass is 32.2. The zero-order valence-electron chi connectivity index (χ0n) is 10.6. The SMILES string of the molecule is Cc1cc(S(=O)(=O)N2CCC[C@H]2CN)c(F)cc1F. The third-order valence-corrected chi connectivity index (χ3v) is 5.36. The molecule has 1 atom stereocenters. The molecule has 1 fully saturated rings. The van der Waals surface area contributed by atoms with Crippen LogP contribution in [0.15, 0.2) is 17.0 Å². The van der Waals surface area contributed by atoms with Crippen molar-refractivity contribution in [3.63, 3.8) is 0 Å². The fourth-order valence-electron chi connectivity index (χ4n) is 2.32. The highest BCUT2D eigenvalue weighted by molar-refractivity contribution is 7.89. The van der Waals surface area contributed by atoms with E-state index in [0.717, 1.165) is 6.07 Å². The first-order valence-electron chi connectivity index (χ1n) is 6.05. The van der Waals surface area contributed by atoms with Gasteiger partial charge in [0.15, 0.2) is 0 Å². The van der Waals surface area contributed by atoms with Gasteiger partial charge in [-0.15, -0.1) is 0 Å². The minimum absolute atomic E-state index is 0.100. The third-order valence-electron chi connectivity index (χ3n) is 3.39. The Balaban J connectivity index is 2.48. The van der Waals surface area contributed by atoms with Gasteiger partial charge >= 0.3 is 0 Å². The molecular formula is C12H16F2N2O2S. The molecule has 0 amide bonds. The van der Waals surface area contributed by atoms with E-state index in [1.165, 1.54) is 11.2 Å². The van der Waals surface area contributed by atoms with Gasteiger partial charge in [-0.3, -0.25) is 0 Å². The summed E-state index contributed by atoms with van der Waals surface area (Å²) >= 11 is 0. The summed E-state index contributed by atoms with van der Waals surface area (Å²) in [6, 6.07) is 1.33. The number of benzene rings is 1. The van der Waals surface area contributed by atoms with Gasteiger partial charge in [-0.2, -0.15) is 4.31 Å². The van der Waals surface area contributed by atoms with E-state index >= 15 is 0 Å². The maximum Gasteiger partial charge on any atom is 0.246 e.